The van der Waals surface area contributed by atoms with Gasteiger partial charge in [0.25, 0.3) is 5.91 Å². The largest absolute Gasteiger partial charge is 0.484 e. The van der Waals surface area contributed by atoms with E-state index in [-0.39, 0.29) is 19.1 Å². The molecule has 1 unspecified atom stereocenters. The van der Waals surface area contributed by atoms with Gasteiger partial charge in [-0.15, -0.1) is 0 Å². The van der Waals surface area contributed by atoms with Gasteiger partial charge in [-0.05, 0) is 36.6 Å². The van der Waals surface area contributed by atoms with Gasteiger partial charge in [0.05, 0.1) is 5.92 Å². The second-order valence-corrected chi connectivity index (χ2v) is 5.65. The minimum absolute atomic E-state index is 0.0658. The van der Waals surface area contributed by atoms with Crippen molar-refractivity contribution in [3.05, 3.63) is 29.8 Å². The Bertz CT molecular complexity index is 554. The molecule has 4 N–H and O–H groups in total. The number of hydrogen-bond donors (Lipinski definition) is 3. The molecule has 0 radical (unpaired) electrons. The number of carboxylic acids is 1. The molecule has 0 fully saturated rings. The summed E-state index contributed by atoms with van der Waals surface area (Å²) in [6, 6.07) is 6.07. The van der Waals surface area contributed by atoms with Crippen LogP contribution in [0.1, 0.15) is 30.6 Å². The fourth-order valence-corrected chi connectivity index (χ4v) is 1.99. The summed E-state index contributed by atoms with van der Waals surface area (Å²) in [5.74, 6) is -1.84. The van der Waals surface area contributed by atoms with Gasteiger partial charge >= 0.3 is 5.97 Å². The molecule has 126 valence electrons. The van der Waals surface area contributed by atoms with E-state index in [1.165, 1.54) is 24.3 Å². The molecule has 0 saturated carbocycles. The first-order valence-corrected chi connectivity index (χ1v) is 7.31. The number of aliphatic carboxylic acids is 1. The Hall–Kier alpha value is -2.57. The summed E-state index contributed by atoms with van der Waals surface area (Å²) in [5.41, 5.74) is 5.47. The van der Waals surface area contributed by atoms with Crippen LogP contribution in [0.15, 0.2) is 24.3 Å². The number of rotatable bonds is 9. The van der Waals surface area contributed by atoms with E-state index in [1.807, 2.05) is 13.8 Å². The maximum atomic E-state index is 11.7. The smallest absolute Gasteiger partial charge is 0.308 e. The van der Waals surface area contributed by atoms with Crippen LogP contribution in [0.4, 0.5) is 0 Å². The maximum absolute atomic E-state index is 11.7. The van der Waals surface area contributed by atoms with Gasteiger partial charge in [0, 0.05) is 12.1 Å². The van der Waals surface area contributed by atoms with E-state index in [4.69, 9.17) is 15.6 Å². The van der Waals surface area contributed by atoms with E-state index in [0.717, 1.165) is 0 Å². The summed E-state index contributed by atoms with van der Waals surface area (Å²) in [7, 11) is 0. The molecule has 0 heterocycles. The van der Waals surface area contributed by atoms with E-state index in [2.05, 4.69) is 5.32 Å². The Morgan fingerprint density at radius 3 is 2.30 bits per heavy atom. The number of primary amides is 1. The van der Waals surface area contributed by atoms with Crippen LogP contribution >= 0.6 is 0 Å². The predicted octanol–water partition coefficient (Wildman–Crippen LogP) is 1.03. The van der Waals surface area contributed by atoms with Gasteiger partial charge in [-0.2, -0.15) is 0 Å². The van der Waals surface area contributed by atoms with Crippen LogP contribution < -0.4 is 15.8 Å². The Balaban J connectivity index is 2.41. The van der Waals surface area contributed by atoms with Gasteiger partial charge in [-0.1, -0.05) is 13.8 Å². The molecule has 7 nitrogen and oxygen atoms in total. The van der Waals surface area contributed by atoms with Crippen LogP contribution in [-0.4, -0.2) is 36.0 Å². The van der Waals surface area contributed by atoms with Crippen molar-refractivity contribution in [1.29, 1.82) is 0 Å². The molecule has 0 aliphatic carbocycles. The molecule has 1 rings (SSSR count). The van der Waals surface area contributed by atoms with Crippen LogP contribution in [0.3, 0.4) is 0 Å². The fraction of sp³-hybridized carbons (Fsp3) is 0.438. The van der Waals surface area contributed by atoms with Crippen molar-refractivity contribution in [1.82, 2.24) is 5.32 Å². The number of hydrogen-bond acceptors (Lipinski definition) is 4. The first kappa shape index (κ1) is 18.5. The number of carbonyl (C=O) groups is 3. The van der Waals surface area contributed by atoms with Crippen LogP contribution in [0, 0.1) is 11.8 Å². The van der Waals surface area contributed by atoms with Gasteiger partial charge in [0.2, 0.25) is 5.91 Å². The Morgan fingerprint density at radius 1 is 1.22 bits per heavy atom. The molecular weight excluding hydrogens is 300 g/mol. The third-order valence-electron chi connectivity index (χ3n) is 3.16. The summed E-state index contributed by atoms with van der Waals surface area (Å²) in [6.45, 7) is 3.69. The second-order valence-electron chi connectivity index (χ2n) is 5.65. The Morgan fingerprint density at radius 2 is 1.83 bits per heavy atom. The summed E-state index contributed by atoms with van der Waals surface area (Å²) < 4.78 is 5.26. The average Bonchev–Trinajstić information content (AvgIpc) is 2.49. The van der Waals surface area contributed by atoms with Crippen molar-refractivity contribution in [2.45, 2.75) is 20.3 Å². The van der Waals surface area contributed by atoms with Gasteiger partial charge in [-0.3, -0.25) is 14.4 Å². The lowest BCUT2D eigenvalue weighted by atomic mass is 9.97. The van der Waals surface area contributed by atoms with Crippen LogP contribution in [-0.2, 0) is 9.59 Å². The monoisotopic (exact) mass is 322 g/mol. The predicted molar refractivity (Wildman–Crippen MR) is 84.0 cm³/mol. The number of benzene rings is 1. The zero-order chi connectivity index (χ0) is 17.4. The van der Waals surface area contributed by atoms with Crippen molar-refractivity contribution < 1.29 is 24.2 Å². The lowest BCUT2D eigenvalue weighted by molar-refractivity contribution is -0.142. The standard InChI is InChI=1S/C16H22N2O5/c1-10(2)7-12(16(21)22)8-18-14(19)9-23-13-5-3-11(4-6-13)15(17)20/h3-6,10,12H,7-9H2,1-2H3,(H2,17,20)(H,18,19)(H,21,22). The van der Waals surface area contributed by atoms with Crippen molar-refractivity contribution in [3.63, 3.8) is 0 Å². The summed E-state index contributed by atoms with van der Waals surface area (Å²) in [5, 5.41) is 11.6. The van der Waals surface area contributed by atoms with E-state index >= 15 is 0 Å². The highest BCUT2D eigenvalue weighted by Crippen LogP contribution is 2.12. The number of carbonyl (C=O) groups excluding carboxylic acids is 2. The third-order valence-corrected chi connectivity index (χ3v) is 3.16. The molecule has 0 aliphatic heterocycles. The molecule has 2 amide bonds. The molecule has 0 aliphatic rings. The van der Waals surface area contributed by atoms with Crippen molar-refractivity contribution in [3.8, 4) is 5.75 Å². The zero-order valence-electron chi connectivity index (χ0n) is 13.2. The first-order chi connectivity index (χ1) is 10.8. The fourth-order valence-electron chi connectivity index (χ4n) is 1.99. The van der Waals surface area contributed by atoms with Gasteiger partial charge in [0.1, 0.15) is 5.75 Å². The van der Waals surface area contributed by atoms with E-state index in [0.29, 0.717) is 17.7 Å². The minimum atomic E-state index is -0.929. The van der Waals surface area contributed by atoms with Crippen LogP contribution in [0.2, 0.25) is 0 Å². The van der Waals surface area contributed by atoms with Crippen molar-refractivity contribution >= 4 is 17.8 Å². The molecule has 0 saturated heterocycles. The first-order valence-electron chi connectivity index (χ1n) is 7.31. The van der Waals surface area contributed by atoms with E-state index in [1.54, 1.807) is 0 Å². The summed E-state index contributed by atoms with van der Waals surface area (Å²) >= 11 is 0. The van der Waals surface area contributed by atoms with Gasteiger partial charge in [0.15, 0.2) is 6.61 Å². The topological polar surface area (TPSA) is 119 Å². The van der Waals surface area contributed by atoms with Crippen molar-refractivity contribution in [2.75, 3.05) is 13.2 Å². The zero-order valence-corrected chi connectivity index (χ0v) is 13.2. The molecule has 1 atom stereocenters. The third kappa shape index (κ3) is 6.82. The molecule has 7 heteroatoms. The number of nitrogens with two attached hydrogens (primary N) is 1. The highest BCUT2D eigenvalue weighted by Gasteiger charge is 2.19. The Kier molecular flexibility index (Phi) is 7.05. The SMILES string of the molecule is CC(C)CC(CNC(=O)COc1ccc(C(N)=O)cc1)C(=O)O. The van der Waals surface area contributed by atoms with Crippen molar-refractivity contribution in [2.24, 2.45) is 17.6 Å². The van der Waals surface area contributed by atoms with E-state index in [9.17, 15) is 14.4 Å². The second kappa shape index (κ2) is 8.77. The highest BCUT2D eigenvalue weighted by molar-refractivity contribution is 5.92. The molecule has 1 aromatic rings. The number of nitrogens with one attached hydrogen (secondary N) is 1. The number of carboxylic acid groups (broad SMARTS) is 1. The Labute approximate surface area is 134 Å². The normalized spacial score (nSPS) is 11.8. The molecule has 0 bridgehead atoms. The molecule has 0 spiro atoms. The quantitative estimate of drug-likeness (QED) is 0.627. The molecular formula is C16H22N2O5. The van der Waals surface area contributed by atoms with Gasteiger partial charge < -0.3 is 20.9 Å². The van der Waals surface area contributed by atoms with Crippen LogP contribution in [0.25, 0.3) is 0 Å². The number of ether oxygens (including phenoxy) is 1. The average molecular weight is 322 g/mol. The lowest BCUT2D eigenvalue weighted by Crippen LogP contribution is -2.36. The van der Waals surface area contributed by atoms with Gasteiger partial charge in [-0.25, -0.2) is 0 Å². The molecule has 23 heavy (non-hydrogen) atoms. The summed E-state index contributed by atoms with van der Waals surface area (Å²) in [6.07, 6.45) is 0.491. The molecule has 1 aromatic carbocycles. The molecule has 0 aromatic heterocycles. The maximum Gasteiger partial charge on any atom is 0.308 e. The highest BCUT2D eigenvalue weighted by atomic mass is 16.5. The lowest BCUT2D eigenvalue weighted by Gasteiger charge is -2.15. The number of amides is 2. The minimum Gasteiger partial charge on any atom is -0.484 e. The summed E-state index contributed by atoms with van der Waals surface area (Å²) in [4.78, 5) is 33.7. The van der Waals surface area contributed by atoms with E-state index < -0.39 is 23.7 Å². The van der Waals surface area contributed by atoms with Crippen LogP contribution in [0.5, 0.6) is 5.75 Å².